The largest absolute Gasteiger partial charge is 0.479 e. The van der Waals surface area contributed by atoms with Crippen LogP contribution in [0.4, 0.5) is 5.69 Å². The van der Waals surface area contributed by atoms with E-state index >= 15 is 0 Å². The summed E-state index contributed by atoms with van der Waals surface area (Å²) in [7, 11) is 0. The van der Waals surface area contributed by atoms with Crippen molar-refractivity contribution >= 4 is 18.0 Å². The Kier molecular flexibility index (Phi) is 6.00. The fourth-order valence-electron chi connectivity index (χ4n) is 3.13. The van der Waals surface area contributed by atoms with E-state index in [0.717, 1.165) is 23.2 Å². The molecule has 1 unspecified atom stereocenters. The van der Waals surface area contributed by atoms with E-state index < -0.39 is 0 Å². The lowest BCUT2D eigenvalue weighted by molar-refractivity contribution is -0.114. The molecule has 1 amide bonds. The quantitative estimate of drug-likeness (QED) is 0.357. The van der Waals surface area contributed by atoms with Gasteiger partial charge in [0.2, 0.25) is 5.91 Å². The molecular weight excluding hydrogens is 336 g/mol. The van der Waals surface area contributed by atoms with Gasteiger partial charge in [-0.25, -0.2) is 0 Å². The molecule has 0 saturated carbocycles. The lowest BCUT2D eigenvalue weighted by atomic mass is 9.85. The number of hydrogen-bond donors (Lipinski definition) is 2. The fourth-order valence-corrected chi connectivity index (χ4v) is 3.13. The van der Waals surface area contributed by atoms with Crippen molar-refractivity contribution in [3.05, 3.63) is 101 Å². The van der Waals surface area contributed by atoms with Crippen molar-refractivity contribution in [2.24, 2.45) is 0 Å². The first-order valence-corrected chi connectivity index (χ1v) is 8.79. The number of benzene rings is 3. The monoisotopic (exact) mass is 358 g/mol. The van der Waals surface area contributed by atoms with E-state index in [9.17, 15) is 4.79 Å². The fraction of sp³-hybridized carbons (Fsp3) is 0.130. The van der Waals surface area contributed by atoms with E-state index in [0.29, 0.717) is 6.61 Å². The maximum atomic E-state index is 11.2. The Bertz CT molecular complexity index is 888. The standard InChI is InChI=1S/C23H22N2O2/c1-17(26)25-22-13-11-21(12-14-22)23(19-5-3-2-4-6-19)20-9-7-18(8-10-20)15-27-16-24/h2-14,16,23-24H,15H2,1H3,(H,25,26). The molecule has 0 aliphatic rings. The molecule has 0 fully saturated rings. The van der Waals surface area contributed by atoms with E-state index in [1.807, 2.05) is 42.5 Å². The third-order valence-electron chi connectivity index (χ3n) is 4.34. The minimum atomic E-state index is -0.0786. The van der Waals surface area contributed by atoms with Gasteiger partial charge in [-0.2, -0.15) is 0 Å². The minimum Gasteiger partial charge on any atom is -0.479 e. The number of carbonyl (C=O) groups excluding carboxylic acids is 1. The molecule has 27 heavy (non-hydrogen) atoms. The molecule has 4 nitrogen and oxygen atoms in total. The molecule has 0 aromatic heterocycles. The van der Waals surface area contributed by atoms with Crippen molar-refractivity contribution in [3.8, 4) is 0 Å². The number of rotatable bonds is 7. The van der Waals surface area contributed by atoms with Crippen LogP contribution < -0.4 is 5.32 Å². The highest BCUT2D eigenvalue weighted by Crippen LogP contribution is 2.32. The highest BCUT2D eigenvalue weighted by Gasteiger charge is 2.16. The van der Waals surface area contributed by atoms with Crippen molar-refractivity contribution in [3.63, 3.8) is 0 Å². The molecule has 3 aromatic rings. The highest BCUT2D eigenvalue weighted by molar-refractivity contribution is 5.88. The zero-order valence-electron chi connectivity index (χ0n) is 15.2. The zero-order valence-corrected chi connectivity index (χ0v) is 15.2. The summed E-state index contributed by atoms with van der Waals surface area (Å²) in [6.45, 7) is 1.90. The van der Waals surface area contributed by atoms with Gasteiger partial charge in [-0.3, -0.25) is 10.2 Å². The highest BCUT2D eigenvalue weighted by atomic mass is 16.5. The second kappa shape index (κ2) is 8.81. The van der Waals surface area contributed by atoms with Crippen molar-refractivity contribution in [1.29, 1.82) is 5.41 Å². The van der Waals surface area contributed by atoms with Gasteiger partial charge in [-0.1, -0.05) is 66.7 Å². The number of nitrogens with one attached hydrogen (secondary N) is 2. The minimum absolute atomic E-state index is 0.0786. The summed E-state index contributed by atoms with van der Waals surface area (Å²) < 4.78 is 5.04. The van der Waals surface area contributed by atoms with Crippen LogP contribution in [0.5, 0.6) is 0 Å². The molecule has 0 radical (unpaired) electrons. The second-order valence-corrected chi connectivity index (χ2v) is 6.32. The van der Waals surface area contributed by atoms with Crippen LogP contribution in [0, 0.1) is 5.41 Å². The molecule has 0 spiro atoms. The van der Waals surface area contributed by atoms with E-state index in [-0.39, 0.29) is 11.8 Å². The van der Waals surface area contributed by atoms with Crippen molar-refractivity contribution < 1.29 is 9.53 Å². The summed E-state index contributed by atoms with van der Waals surface area (Å²) in [5.41, 5.74) is 5.34. The van der Waals surface area contributed by atoms with Crippen LogP contribution in [0.25, 0.3) is 0 Å². The van der Waals surface area contributed by atoms with E-state index in [1.165, 1.54) is 18.1 Å². The van der Waals surface area contributed by atoms with Gasteiger partial charge < -0.3 is 10.1 Å². The van der Waals surface area contributed by atoms with Crippen molar-refractivity contribution in [2.75, 3.05) is 5.32 Å². The molecule has 0 heterocycles. The Balaban J connectivity index is 1.94. The number of carbonyl (C=O) groups is 1. The zero-order chi connectivity index (χ0) is 19.1. The number of ether oxygens (including phenoxy) is 1. The summed E-state index contributed by atoms with van der Waals surface area (Å²) in [6.07, 6.45) is 0.956. The maximum absolute atomic E-state index is 11.2. The molecule has 0 bridgehead atoms. The Morgan fingerprint density at radius 2 is 1.48 bits per heavy atom. The van der Waals surface area contributed by atoms with Gasteiger partial charge in [0, 0.05) is 18.5 Å². The first-order chi connectivity index (χ1) is 13.2. The smallest absolute Gasteiger partial charge is 0.221 e. The van der Waals surface area contributed by atoms with Gasteiger partial charge in [-0.05, 0) is 34.4 Å². The number of anilines is 1. The molecule has 1 atom stereocenters. The summed E-state index contributed by atoms with van der Waals surface area (Å²) in [4.78, 5) is 11.2. The SMILES string of the molecule is CC(=O)Nc1ccc(C(c2ccccc2)c2ccc(COC=N)cc2)cc1. The Labute approximate surface area is 159 Å². The molecular formula is C23H22N2O2. The van der Waals surface area contributed by atoms with Crippen LogP contribution in [0.1, 0.15) is 35.1 Å². The van der Waals surface area contributed by atoms with Crippen molar-refractivity contribution in [2.45, 2.75) is 19.4 Å². The van der Waals surface area contributed by atoms with Gasteiger partial charge >= 0.3 is 0 Å². The van der Waals surface area contributed by atoms with Gasteiger partial charge in [0.15, 0.2) is 6.40 Å². The predicted octanol–water partition coefficient (Wildman–Crippen LogP) is 4.95. The molecule has 2 N–H and O–H groups in total. The molecule has 4 heteroatoms. The van der Waals surface area contributed by atoms with Gasteiger partial charge in [-0.15, -0.1) is 0 Å². The average Bonchev–Trinajstić information content (AvgIpc) is 2.69. The van der Waals surface area contributed by atoms with Crippen molar-refractivity contribution in [1.82, 2.24) is 0 Å². The third kappa shape index (κ3) is 4.82. The van der Waals surface area contributed by atoms with Gasteiger partial charge in [0.1, 0.15) is 6.61 Å². The van der Waals surface area contributed by atoms with Gasteiger partial charge in [0.25, 0.3) is 0 Å². The Hall–Kier alpha value is -3.40. The second-order valence-electron chi connectivity index (χ2n) is 6.32. The number of amides is 1. The molecule has 0 saturated heterocycles. The molecule has 3 rings (SSSR count). The van der Waals surface area contributed by atoms with E-state index in [2.05, 4.69) is 41.7 Å². The number of hydrogen-bond acceptors (Lipinski definition) is 3. The summed E-state index contributed by atoms with van der Waals surface area (Å²) >= 11 is 0. The van der Waals surface area contributed by atoms with E-state index in [1.54, 1.807) is 0 Å². The van der Waals surface area contributed by atoms with Crippen LogP contribution in [-0.2, 0) is 16.1 Å². The average molecular weight is 358 g/mol. The Morgan fingerprint density at radius 3 is 2.04 bits per heavy atom. The van der Waals surface area contributed by atoms with Gasteiger partial charge in [0.05, 0.1) is 0 Å². The molecule has 0 aliphatic heterocycles. The van der Waals surface area contributed by atoms with Crippen LogP contribution in [-0.4, -0.2) is 12.3 Å². The van der Waals surface area contributed by atoms with Crippen LogP contribution in [0.3, 0.4) is 0 Å². The topological polar surface area (TPSA) is 62.2 Å². The van der Waals surface area contributed by atoms with Crippen LogP contribution in [0.2, 0.25) is 0 Å². The van der Waals surface area contributed by atoms with E-state index in [4.69, 9.17) is 10.1 Å². The Morgan fingerprint density at radius 1 is 0.926 bits per heavy atom. The third-order valence-corrected chi connectivity index (χ3v) is 4.34. The summed E-state index contributed by atoms with van der Waals surface area (Å²) in [6, 6.07) is 26.6. The lowest BCUT2D eigenvalue weighted by Gasteiger charge is -2.19. The van der Waals surface area contributed by atoms with Crippen LogP contribution >= 0.6 is 0 Å². The maximum Gasteiger partial charge on any atom is 0.221 e. The molecule has 136 valence electrons. The van der Waals surface area contributed by atoms with Crippen LogP contribution in [0.15, 0.2) is 78.9 Å². The predicted molar refractivity (Wildman–Crippen MR) is 108 cm³/mol. The summed E-state index contributed by atoms with van der Waals surface area (Å²) in [5.74, 6) is 0.0142. The normalized spacial score (nSPS) is 11.4. The first kappa shape index (κ1) is 18.4. The molecule has 0 aliphatic carbocycles. The first-order valence-electron chi connectivity index (χ1n) is 8.79. The summed E-state index contributed by atoms with van der Waals surface area (Å²) in [5, 5.41) is 9.78. The molecule has 3 aromatic carbocycles. The lowest BCUT2D eigenvalue weighted by Crippen LogP contribution is -2.07.